The van der Waals surface area contributed by atoms with Gasteiger partial charge in [-0.15, -0.1) is 0 Å². The van der Waals surface area contributed by atoms with Crippen LogP contribution >= 0.6 is 0 Å². The maximum Gasteiger partial charge on any atom is 0.296 e. The summed E-state index contributed by atoms with van der Waals surface area (Å²) in [5, 5.41) is 21.1. The molecule has 0 unspecified atom stereocenters. The van der Waals surface area contributed by atoms with Gasteiger partial charge in [-0.3, -0.25) is 9.59 Å². The molecule has 32 heavy (non-hydrogen) atoms. The fourth-order valence-electron chi connectivity index (χ4n) is 3.73. The zero-order valence-electron chi connectivity index (χ0n) is 17.4. The lowest BCUT2D eigenvalue weighted by molar-refractivity contribution is -0.140. The van der Waals surface area contributed by atoms with Gasteiger partial charge in [-0.05, 0) is 54.1 Å². The number of Topliss-reactive ketones (excluding diaryl/α,β-unsaturated/α-hetero) is 1. The van der Waals surface area contributed by atoms with E-state index in [1.54, 1.807) is 42.5 Å². The van der Waals surface area contributed by atoms with Gasteiger partial charge in [0.05, 0.1) is 38.6 Å². The number of phenolic OH excluding ortho intramolecular Hbond substituents is 1. The number of hydrogen-bond donors (Lipinski definition) is 2. The lowest BCUT2D eigenvalue weighted by Gasteiger charge is -2.25. The number of amides is 1. The Bertz CT molecular complexity index is 1180. The SMILES string of the molecule is COc1ccc(C(O)=C2C(=O)C(=O)N(Cc3ccco3)[C@@H]2c2ccc(O)c(OC)c2)cc1. The fourth-order valence-corrected chi connectivity index (χ4v) is 3.73. The van der Waals surface area contributed by atoms with Gasteiger partial charge in [0, 0.05) is 5.56 Å². The molecule has 1 atom stereocenters. The lowest BCUT2D eigenvalue weighted by atomic mass is 9.95. The van der Waals surface area contributed by atoms with E-state index in [-0.39, 0.29) is 29.4 Å². The smallest absolute Gasteiger partial charge is 0.296 e. The van der Waals surface area contributed by atoms with Crippen molar-refractivity contribution in [3.8, 4) is 17.2 Å². The number of ether oxygens (including phenoxy) is 2. The fraction of sp³-hybridized carbons (Fsp3) is 0.167. The zero-order chi connectivity index (χ0) is 22.8. The van der Waals surface area contributed by atoms with E-state index in [2.05, 4.69) is 0 Å². The second-order valence-corrected chi connectivity index (χ2v) is 7.17. The van der Waals surface area contributed by atoms with E-state index in [0.29, 0.717) is 22.6 Å². The van der Waals surface area contributed by atoms with E-state index in [4.69, 9.17) is 13.9 Å². The van der Waals surface area contributed by atoms with Crippen LogP contribution in [-0.4, -0.2) is 41.0 Å². The third kappa shape index (κ3) is 3.66. The summed E-state index contributed by atoms with van der Waals surface area (Å²) in [6.45, 7) is 0.0187. The van der Waals surface area contributed by atoms with E-state index >= 15 is 0 Å². The highest BCUT2D eigenvalue weighted by Crippen LogP contribution is 2.42. The quantitative estimate of drug-likeness (QED) is 0.346. The Labute approximate surface area is 183 Å². The predicted octanol–water partition coefficient (Wildman–Crippen LogP) is 3.62. The summed E-state index contributed by atoms with van der Waals surface area (Å²) in [5.74, 6) is -0.753. The average molecular weight is 435 g/mol. The van der Waals surface area contributed by atoms with Crippen LogP contribution in [0.15, 0.2) is 70.9 Å². The van der Waals surface area contributed by atoms with Crippen LogP contribution in [0.5, 0.6) is 17.2 Å². The molecule has 8 heteroatoms. The molecule has 4 rings (SSSR count). The number of furan rings is 1. The number of carbonyl (C=O) groups is 2. The monoisotopic (exact) mass is 435 g/mol. The number of benzene rings is 2. The molecule has 1 amide bonds. The number of likely N-dealkylation sites (tertiary alicyclic amines) is 1. The largest absolute Gasteiger partial charge is 0.507 e. The Hall–Kier alpha value is -4.20. The number of ketones is 1. The van der Waals surface area contributed by atoms with Crippen LogP contribution in [0, 0.1) is 0 Å². The van der Waals surface area contributed by atoms with Crippen LogP contribution in [0.1, 0.15) is 22.9 Å². The molecule has 1 fully saturated rings. The number of phenols is 1. The summed E-state index contributed by atoms with van der Waals surface area (Å²) >= 11 is 0. The molecule has 2 N–H and O–H groups in total. The van der Waals surface area contributed by atoms with Crippen molar-refractivity contribution in [2.24, 2.45) is 0 Å². The van der Waals surface area contributed by atoms with E-state index in [9.17, 15) is 19.8 Å². The van der Waals surface area contributed by atoms with Crippen molar-refractivity contribution >= 4 is 17.4 Å². The highest BCUT2D eigenvalue weighted by molar-refractivity contribution is 6.46. The number of hydrogen-bond acceptors (Lipinski definition) is 7. The van der Waals surface area contributed by atoms with Gasteiger partial charge >= 0.3 is 0 Å². The predicted molar refractivity (Wildman–Crippen MR) is 114 cm³/mol. The summed E-state index contributed by atoms with van der Waals surface area (Å²) in [4.78, 5) is 27.3. The molecule has 8 nitrogen and oxygen atoms in total. The van der Waals surface area contributed by atoms with Crippen LogP contribution in [0.3, 0.4) is 0 Å². The normalized spacial score (nSPS) is 17.6. The summed E-state index contributed by atoms with van der Waals surface area (Å²) < 4.78 is 15.7. The first-order valence-electron chi connectivity index (χ1n) is 9.76. The maximum absolute atomic E-state index is 13.0. The van der Waals surface area contributed by atoms with Crippen molar-refractivity contribution in [1.82, 2.24) is 4.90 Å². The van der Waals surface area contributed by atoms with Gasteiger partial charge in [-0.1, -0.05) is 6.07 Å². The first kappa shape index (κ1) is 21.0. The minimum Gasteiger partial charge on any atom is -0.507 e. The number of carbonyl (C=O) groups excluding carboxylic acids is 2. The average Bonchev–Trinajstić information content (AvgIpc) is 3.41. The van der Waals surface area contributed by atoms with Crippen molar-refractivity contribution in [2.45, 2.75) is 12.6 Å². The van der Waals surface area contributed by atoms with Gasteiger partial charge in [-0.2, -0.15) is 0 Å². The topological polar surface area (TPSA) is 109 Å². The molecule has 0 spiro atoms. The van der Waals surface area contributed by atoms with Gasteiger partial charge in [0.2, 0.25) is 0 Å². The number of nitrogens with zero attached hydrogens (tertiary/aromatic N) is 1. The number of aliphatic hydroxyl groups is 1. The molecule has 0 radical (unpaired) electrons. The number of methoxy groups -OCH3 is 2. The third-order valence-corrected chi connectivity index (χ3v) is 5.33. The second-order valence-electron chi connectivity index (χ2n) is 7.17. The lowest BCUT2D eigenvalue weighted by Crippen LogP contribution is -2.29. The highest BCUT2D eigenvalue weighted by Gasteiger charge is 2.46. The van der Waals surface area contributed by atoms with Crippen LogP contribution in [0.25, 0.3) is 5.76 Å². The van der Waals surface area contributed by atoms with Crippen molar-refractivity contribution in [1.29, 1.82) is 0 Å². The van der Waals surface area contributed by atoms with Crippen LogP contribution in [0.2, 0.25) is 0 Å². The Morgan fingerprint density at radius 3 is 2.44 bits per heavy atom. The molecule has 0 aliphatic carbocycles. The van der Waals surface area contributed by atoms with Gasteiger partial charge in [-0.25, -0.2) is 0 Å². The van der Waals surface area contributed by atoms with Gasteiger partial charge in [0.25, 0.3) is 11.7 Å². The Kier molecular flexibility index (Phi) is 5.59. The van der Waals surface area contributed by atoms with Gasteiger partial charge in [0.1, 0.15) is 17.3 Å². The van der Waals surface area contributed by atoms with E-state index in [1.165, 1.54) is 37.5 Å². The standard InChI is InChI=1S/C24H21NO7/c1-30-16-8-5-14(6-9-16)22(27)20-21(15-7-10-18(26)19(12-15)31-2)25(24(29)23(20)28)13-17-4-3-11-32-17/h3-12,21,26-27H,13H2,1-2H3/t21-/m1/s1. The van der Waals surface area contributed by atoms with Crippen molar-refractivity contribution in [3.63, 3.8) is 0 Å². The molecule has 2 aromatic carbocycles. The van der Waals surface area contributed by atoms with Gasteiger partial charge < -0.3 is 29.0 Å². The molecule has 3 aromatic rings. The minimum absolute atomic E-state index is 0.0187. The van der Waals surface area contributed by atoms with Crippen LogP contribution in [0.4, 0.5) is 0 Å². The van der Waals surface area contributed by atoms with Gasteiger partial charge in [0.15, 0.2) is 11.5 Å². The maximum atomic E-state index is 13.0. The minimum atomic E-state index is -0.920. The van der Waals surface area contributed by atoms with Crippen LogP contribution in [-0.2, 0) is 16.1 Å². The van der Waals surface area contributed by atoms with E-state index < -0.39 is 17.7 Å². The molecule has 1 aliphatic heterocycles. The summed E-state index contributed by atoms with van der Waals surface area (Å²) in [6, 6.07) is 13.5. The van der Waals surface area contributed by atoms with E-state index in [1.807, 2.05) is 0 Å². The first-order valence-corrected chi connectivity index (χ1v) is 9.76. The van der Waals surface area contributed by atoms with Crippen molar-refractivity contribution < 1.29 is 33.7 Å². The highest BCUT2D eigenvalue weighted by atomic mass is 16.5. The third-order valence-electron chi connectivity index (χ3n) is 5.33. The molecule has 0 bridgehead atoms. The molecule has 164 valence electrons. The molecule has 0 saturated carbocycles. The Morgan fingerprint density at radius 1 is 1.06 bits per heavy atom. The Balaban J connectivity index is 1.87. The number of aromatic hydroxyl groups is 1. The molecule has 1 aromatic heterocycles. The number of aliphatic hydroxyl groups excluding tert-OH is 1. The van der Waals surface area contributed by atoms with Crippen molar-refractivity contribution in [3.05, 3.63) is 83.3 Å². The molecular formula is C24H21NO7. The molecular weight excluding hydrogens is 414 g/mol. The first-order chi connectivity index (χ1) is 15.4. The summed E-state index contributed by atoms with van der Waals surface area (Å²) in [5.41, 5.74) is 0.775. The Morgan fingerprint density at radius 2 is 1.81 bits per heavy atom. The molecule has 1 aliphatic rings. The molecule has 1 saturated heterocycles. The summed E-state index contributed by atoms with van der Waals surface area (Å²) in [6.07, 6.45) is 1.47. The van der Waals surface area contributed by atoms with E-state index in [0.717, 1.165) is 0 Å². The second kappa shape index (κ2) is 8.50. The number of rotatable bonds is 6. The van der Waals surface area contributed by atoms with Crippen molar-refractivity contribution in [2.75, 3.05) is 14.2 Å². The molecule has 2 heterocycles. The van der Waals surface area contributed by atoms with Crippen LogP contribution < -0.4 is 9.47 Å². The summed E-state index contributed by atoms with van der Waals surface area (Å²) in [7, 11) is 2.92. The zero-order valence-corrected chi connectivity index (χ0v) is 17.4.